The molecule has 0 spiro atoms. The zero-order chi connectivity index (χ0) is 13.3. The average Bonchev–Trinajstić information content (AvgIpc) is 2.81. The number of hydrogen-bond acceptors (Lipinski definition) is 4. The number of anilines is 1. The summed E-state index contributed by atoms with van der Waals surface area (Å²) in [6, 6.07) is 4.06. The number of halogens is 1. The monoisotopic (exact) mass is 325 g/mol. The van der Waals surface area contributed by atoms with Gasteiger partial charge in [-0.15, -0.1) is 11.3 Å². The van der Waals surface area contributed by atoms with E-state index in [1.165, 1.54) is 0 Å². The van der Waals surface area contributed by atoms with Crippen LogP contribution in [0.5, 0.6) is 0 Å². The van der Waals surface area contributed by atoms with E-state index >= 15 is 0 Å². The summed E-state index contributed by atoms with van der Waals surface area (Å²) in [4.78, 5) is 10.3. The lowest BCUT2D eigenvalue weighted by Crippen LogP contribution is -2.16. The number of thiophene rings is 1. The molecule has 0 aliphatic carbocycles. The topological polar surface area (TPSA) is 37.8 Å². The standard InChI is InChI=1S/C13H16BrN3S/c1-13(2,3)10-9(14)12(15-4)17-11(16-10)8-6-5-7-18-8/h5-7H,1-4H3,(H,15,16,17). The summed E-state index contributed by atoms with van der Waals surface area (Å²) in [5, 5.41) is 5.15. The van der Waals surface area contributed by atoms with Gasteiger partial charge >= 0.3 is 0 Å². The highest BCUT2D eigenvalue weighted by molar-refractivity contribution is 9.10. The van der Waals surface area contributed by atoms with Crippen molar-refractivity contribution in [3.8, 4) is 10.7 Å². The third kappa shape index (κ3) is 2.57. The van der Waals surface area contributed by atoms with Crippen LogP contribution in [0.2, 0.25) is 0 Å². The van der Waals surface area contributed by atoms with E-state index in [-0.39, 0.29) is 5.41 Å². The molecule has 2 heterocycles. The second-order valence-corrected chi connectivity index (χ2v) is 6.78. The molecule has 2 aromatic rings. The molecule has 0 bridgehead atoms. The first-order valence-corrected chi connectivity index (χ1v) is 7.40. The van der Waals surface area contributed by atoms with E-state index < -0.39 is 0 Å². The molecule has 0 radical (unpaired) electrons. The predicted octanol–water partition coefficient (Wildman–Crippen LogP) is 4.31. The van der Waals surface area contributed by atoms with Gasteiger partial charge in [0.2, 0.25) is 0 Å². The van der Waals surface area contributed by atoms with Gasteiger partial charge in [0.25, 0.3) is 0 Å². The van der Waals surface area contributed by atoms with Crippen molar-refractivity contribution in [2.75, 3.05) is 12.4 Å². The van der Waals surface area contributed by atoms with Crippen LogP contribution in [-0.4, -0.2) is 17.0 Å². The highest BCUT2D eigenvalue weighted by atomic mass is 79.9. The Labute approximate surface area is 120 Å². The Bertz CT molecular complexity index is 544. The Morgan fingerprint density at radius 3 is 2.50 bits per heavy atom. The van der Waals surface area contributed by atoms with Gasteiger partial charge in [0.05, 0.1) is 15.0 Å². The van der Waals surface area contributed by atoms with Gasteiger partial charge in [-0.25, -0.2) is 9.97 Å². The molecule has 0 atom stereocenters. The molecule has 0 fully saturated rings. The molecular weight excluding hydrogens is 310 g/mol. The molecule has 0 unspecified atom stereocenters. The average molecular weight is 326 g/mol. The van der Waals surface area contributed by atoms with Gasteiger partial charge in [0.15, 0.2) is 5.82 Å². The lowest BCUT2D eigenvalue weighted by atomic mass is 9.92. The molecule has 0 aliphatic heterocycles. The minimum absolute atomic E-state index is 0.0284. The second-order valence-electron chi connectivity index (χ2n) is 5.04. The van der Waals surface area contributed by atoms with E-state index in [9.17, 15) is 0 Å². The molecule has 0 aromatic carbocycles. The first-order chi connectivity index (χ1) is 8.43. The van der Waals surface area contributed by atoms with Gasteiger partial charge in [0.1, 0.15) is 5.82 Å². The van der Waals surface area contributed by atoms with Crippen LogP contribution in [0.3, 0.4) is 0 Å². The molecule has 0 saturated carbocycles. The predicted molar refractivity (Wildman–Crippen MR) is 81.3 cm³/mol. The molecule has 3 nitrogen and oxygen atoms in total. The second kappa shape index (κ2) is 4.97. The fourth-order valence-electron chi connectivity index (χ4n) is 1.63. The van der Waals surface area contributed by atoms with Crippen LogP contribution in [0.15, 0.2) is 22.0 Å². The molecular formula is C13H16BrN3S. The van der Waals surface area contributed by atoms with Crippen LogP contribution in [0.4, 0.5) is 5.82 Å². The Balaban J connectivity index is 2.64. The maximum absolute atomic E-state index is 4.71. The molecule has 1 N–H and O–H groups in total. The van der Waals surface area contributed by atoms with Crippen LogP contribution in [0.1, 0.15) is 26.5 Å². The summed E-state index contributed by atoms with van der Waals surface area (Å²) in [5.74, 6) is 1.61. The summed E-state index contributed by atoms with van der Waals surface area (Å²) < 4.78 is 0.942. The molecule has 96 valence electrons. The van der Waals surface area contributed by atoms with Crippen molar-refractivity contribution in [1.29, 1.82) is 0 Å². The Morgan fingerprint density at radius 1 is 1.28 bits per heavy atom. The third-order valence-electron chi connectivity index (χ3n) is 2.54. The fourth-order valence-corrected chi connectivity index (χ4v) is 3.25. The van der Waals surface area contributed by atoms with Crippen molar-refractivity contribution in [3.05, 3.63) is 27.7 Å². The van der Waals surface area contributed by atoms with E-state index in [0.717, 1.165) is 26.7 Å². The van der Waals surface area contributed by atoms with Crippen LogP contribution < -0.4 is 5.32 Å². The molecule has 2 aromatic heterocycles. The first-order valence-electron chi connectivity index (χ1n) is 5.73. The Hall–Kier alpha value is -0.940. The maximum atomic E-state index is 4.71. The van der Waals surface area contributed by atoms with Gasteiger partial charge in [-0.3, -0.25) is 0 Å². The van der Waals surface area contributed by atoms with E-state index in [2.05, 4.69) is 47.0 Å². The van der Waals surface area contributed by atoms with Crippen LogP contribution in [0.25, 0.3) is 10.7 Å². The zero-order valence-corrected chi connectivity index (χ0v) is 13.3. The molecule has 0 saturated heterocycles. The van der Waals surface area contributed by atoms with Gasteiger partial charge in [-0.1, -0.05) is 26.8 Å². The van der Waals surface area contributed by atoms with Crippen LogP contribution >= 0.6 is 27.3 Å². The van der Waals surface area contributed by atoms with Crippen molar-refractivity contribution in [1.82, 2.24) is 9.97 Å². The molecule has 2 rings (SSSR count). The summed E-state index contributed by atoms with van der Waals surface area (Å²) in [6.45, 7) is 6.45. The van der Waals surface area contributed by atoms with Crippen molar-refractivity contribution < 1.29 is 0 Å². The smallest absolute Gasteiger partial charge is 0.171 e. The largest absolute Gasteiger partial charge is 0.372 e. The van der Waals surface area contributed by atoms with E-state index in [1.807, 2.05) is 24.6 Å². The summed E-state index contributed by atoms with van der Waals surface area (Å²) >= 11 is 5.24. The number of nitrogens with one attached hydrogen (secondary N) is 1. The number of aromatic nitrogens is 2. The van der Waals surface area contributed by atoms with Gasteiger partial charge in [0, 0.05) is 12.5 Å². The number of hydrogen-bond donors (Lipinski definition) is 1. The quantitative estimate of drug-likeness (QED) is 0.894. The van der Waals surface area contributed by atoms with Crippen LogP contribution in [-0.2, 0) is 5.41 Å². The minimum atomic E-state index is -0.0284. The van der Waals surface area contributed by atoms with Gasteiger partial charge < -0.3 is 5.32 Å². The molecule has 0 aliphatic rings. The maximum Gasteiger partial charge on any atom is 0.171 e. The molecule has 18 heavy (non-hydrogen) atoms. The van der Waals surface area contributed by atoms with Gasteiger partial charge in [-0.05, 0) is 27.4 Å². The zero-order valence-electron chi connectivity index (χ0n) is 10.9. The number of rotatable bonds is 2. The highest BCUT2D eigenvalue weighted by Gasteiger charge is 2.23. The molecule has 0 amide bonds. The van der Waals surface area contributed by atoms with E-state index in [1.54, 1.807) is 11.3 Å². The van der Waals surface area contributed by atoms with E-state index in [0.29, 0.717) is 0 Å². The lowest BCUT2D eigenvalue weighted by Gasteiger charge is -2.21. The Morgan fingerprint density at radius 2 is 2.00 bits per heavy atom. The SMILES string of the molecule is CNc1nc(-c2cccs2)nc(C(C)(C)C)c1Br. The lowest BCUT2D eigenvalue weighted by molar-refractivity contribution is 0.564. The van der Waals surface area contributed by atoms with Crippen LogP contribution in [0, 0.1) is 0 Å². The van der Waals surface area contributed by atoms with Crippen molar-refractivity contribution in [3.63, 3.8) is 0 Å². The van der Waals surface area contributed by atoms with Crippen molar-refractivity contribution >= 4 is 33.1 Å². The molecule has 5 heteroatoms. The van der Waals surface area contributed by atoms with E-state index in [4.69, 9.17) is 4.98 Å². The Kier molecular flexibility index (Phi) is 3.73. The van der Waals surface area contributed by atoms with Crippen molar-refractivity contribution in [2.24, 2.45) is 0 Å². The highest BCUT2D eigenvalue weighted by Crippen LogP contribution is 2.34. The fraction of sp³-hybridized carbons (Fsp3) is 0.385. The summed E-state index contributed by atoms with van der Waals surface area (Å²) in [6.07, 6.45) is 0. The van der Waals surface area contributed by atoms with Gasteiger partial charge in [-0.2, -0.15) is 0 Å². The summed E-state index contributed by atoms with van der Waals surface area (Å²) in [5.41, 5.74) is 0.990. The minimum Gasteiger partial charge on any atom is -0.372 e. The first kappa shape index (κ1) is 13.5. The van der Waals surface area contributed by atoms with Crippen molar-refractivity contribution in [2.45, 2.75) is 26.2 Å². The third-order valence-corrected chi connectivity index (χ3v) is 4.16. The number of nitrogens with zero attached hydrogens (tertiary/aromatic N) is 2. The summed E-state index contributed by atoms with van der Waals surface area (Å²) in [7, 11) is 1.87. The normalized spacial score (nSPS) is 11.6.